The first kappa shape index (κ1) is 19.9. The molecule has 1 aromatic carbocycles. The molecule has 2 aliphatic heterocycles. The van der Waals surface area contributed by atoms with Gasteiger partial charge in [0.25, 0.3) is 5.91 Å². The number of hydrogen-bond acceptors (Lipinski definition) is 5. The Morgan fingerprint density at radius 1 is 1.19 bits per heavy atom. The summed E-state index contributed by atoms with van der Waals surface area (Å²) in [5, 5.41) is 11.4. The number of carbonyl (C=O) groups is 1. The van der Waals surface area contributed by atoms with Crippen molar-refractivity contribution in [1.82, 2.24) is 20.1 Å². The second-order valence-electron chi connectivity index (χ2n) is 8.25. The number of aromatic amines is 1. The molecule has 3 aromatic rings. The largest absolute Gasteiger partial charge is 0.368 e. The summed E-state index contributed by atoms with van der Waals surface area (Å²) in [6, 6.07) is 10.7. The number of piperidine rings is 1. The molecule has 5 rings (SSSR count). The maximum atomic E-state index is 13.8. The van der Waals surface area contributed by atoms with Crippen molar-refractivity contribution in [3.63, 3.8) is 0 Å². The molecule has 4 heterocycles. The predicted octanol–water partition coefficient (Wildman–Crippen LogP) is 3.59. The van der Waals surface area contributed by atoms with Gasteiger partial charge in [0.2, 0.25) is 0 Å². The normalized spacial score (nSPS) is 19.8. The van der Waals surface area contributed by atoms with Crippen LogP contribution in [-0.2, 0) is 16.1 Å². The lowest BCUT2D eigenvalue weighted by molar-refractivity contribution is -0.142. The number of benzene rings is 1. The van der Waals surface area contributed by atoms with Gasteiger partial charge in [-0.3, -0.25) is 9.89 Å². The van der Waals surface area contributed by atoms with Gasteiger partial charge >= 0.3 is 0 Å². The minimum Gasteiger partial charge on any atom is -0.368 e. The van der Waals surface area contributed by atoms with Gasteiger partial charge in [0.15, 0.2) is 11.5 Å². The van der Waals surface area contributed by atoms with Gasteiger partial charge < -0.3 is 15.0 Å². The fraction of sp³-hybridized carbons (Fsp3) is 0.435. The summed E-state index contributed by atoms with van der Waals surface area (Å²) in [5.41, 5.74) is 2.32. The first-order valence-corrected chi connectivity index (χ1v) is 10.9. The van der Waals surface area contributed by atoms with Crippen LogP contribution in [0.5, 0.6) is 0 Å². The highest BCUT2D eigenvalue weighted by molar-refractivity contribution is 5.87. The number of halogens is 1. The van der Waals surface area contributed by atoms with Crippen molar-refractivity contribution in [2.45, 2.75) is 44.2 Å². The minimum atomic E-state index is -0.244. The van der Waals surface area contributed by atoms with Crippen molar-refractivity contribution in [3.8, 4) is 0 Å². The summed E-state index contributed by atoms with van der Waals surface area (Å²) in [7, 11) is 0. The zero-order chi connectivity index (χ0) is 21.2. The minimum absolute atomic E-state index is 0.137. The van der Waals surface area contributed by atoms with Crippen LogP contribution < -0.4 is 5.32 Å². The quantitative estimate of drug-likeness (QED) is 0.655. The zero-order valence-electron chi connectivity index (χ0n) is 17.3. The summed E-state index contributed by atoms with van der Waals surface area (Å²) in [6.45, 7) is 2.52. The third-order valence-corrected chi connectivity index (χ3v) is 6.28. The number of carbonyl (C=O) groups excluding carboxylic acids is 1. The number of ether oxygens (including phenoxy) is 1. The topological polar surface area (TPSA) is 83.1 Å². The Bertz CT molecular complexity index is 1070. The lowest BCUT2D eigenvalue weighted by Gasteiger charge is -2.33. The average Bonchev–Trinajstić information content (AvgIpc) is 3.48. The number of fused-ring (bicyclic) bond motifs is 1. The second kappa shape index (κ2) is 8.63. The van der Waals surface area contributed by atoms with Crippen LogP contribution in [0, 0.1) is 5.82 Å². The summed E-state index contributed by atoms with van der Waals surface area (Å²) in [4.78, 5) is 19.3. The highest BCUT2D eigenvalue weighted by Crippen LogP contribution is 2.30. The molecule has 2 aromatic heterocycles. The summed E-state index contributed by atoms with van der Waals surface area (Å²) in [6.07, 6.45) is 3.35. The third kappa shape index (κ3) is 4.12. The Hall–Kier alpha value is -3.00. The van der Waals surface area contributed by atoms with Crippen molar-refractivity contribution >= 4 is 22.8 Å². The summed E-state index contributed by atoms with van der Waals surface area (Å²) >= 11 is 0. The number of H-pyrrole nitrogens is 1. The molecule has 162 valence electrons. The standard InChI is InChI=1S/C23H26FN5O2/c24-18-5-2-1-4-16(18)14-25-21-17-7-8-19(26-22(17)28-27-21)15-9-11-29(12-10-15)23(30)20-6-3-13-31-20/h1-2,4-5,7-8,15,20H,3,6,9-14H2,(H2,25,26,27,28)/t20-/m1/s1. The van der Waals surface area contributed by atoms with Gasteiger partial charge in [0.05, 0.1) is 5.39 Å². The highest BCUT2D eigenvalue weighted by Gasteiger charge is 2.31. The molecule has 2 aliphatic rings. The van der Waals surface area contributed by atoms with Gasteiger partial charge in [0, 0.05) is 43.4 Å². The smallest absolute Gasteiger partial charge is 0.251 e. The molecular weight excluding hydrogens is 397 g/mol. The van der Waals surface area contributed by atoms with E-state index in [9.17, 15) is 9.18 Å². The first-order valence-electron chi connectivity index (χ1n) is 10.9. The molecule has 0 radical (unpaired) electrons. The van der Waals surface area contributed by atoms with E-state index in [0.29, 0.717) is 36.1 Å². The third-order valence-electron chi connectivity index (χ3n) is 6.28. The number of rotatable bonds is 5. The predicted molar refractivity (Wildman–Crippen MR) is 115 cm³/mol. The van der Waals surface area contributed by atoms with Crippen LogP contribution in [0.1, 0.15) is 42.9 Å². The Kier molecular flexibility index (Phi) is 5.55. The number of nitrogens with zero attached hydrogens (tertiary/aromatic N) is 3. The summed E-state index contributed by atoms with van der Waals surface area (Å²) in [5.74, 6) is 0.878. The Morgan fingerprint density at radius 3 is 2.81 bits per heavy atom. The van der Waals surface area contributed by atoms with E-state index in [1.807, 2.05) is 23.1 Å². The van der Waals surface area contributed by atoms with E-state index in [2.05, 4.69) is 15.5 Å². The van der Waals surface area contributed by atoms with E-state index in [-0.39, 0.29) is 17.8 Å². The molecule has 0 spiro atoms. The molecule has 2 saturated heterocycles. The van der Waals surface area contributed by atoms with Crippen LogP contribution in [0.15, 0.2) is 36.4 Å². The van der Waals surface area contributed by atoms with Gasteiger partial charge in [-0.2, -0.15) is 5.10 Å². The van der Waals surface area contributed by atoms with Crippen LogP contribution in [-0.4, -0.2) is 51.8 Å². The van der Waals surface area contributed by atoms with Gasteiger partial charge in [-0.25, -0.2) is 9.37 Å². The van der Waals surface area contributed by atoms with Gasteiger partial charge in [-0.1, -0.05) is 18.2 Å². The molecule has 0 aliphatic carbocycles. The Morgan fingerprint density at radius 2 is 2.03 bits per heavy atom. The molecule has 31 heavy (non-hydrogen) atoms. The second-order valence-corrected chi connectivity index (χ2v) is 8.25. The number of amides is 1. The van der Waals surface area contributed by atoms with Crippen LogP contribution >= 0.6 is 0 Å². The summed E-state index contributed by atoms with van der Waals surface area (Å²) < 4.78 is 19.4. The van der Waals surface area contributed by atoms with Crippen molar-refractivity contribution < 1.29 is 13.9 Å². The average molecular weight is 423 g/mol. The van der Waals surface area contributed by atoms with Crippen LogP contribution in [0.2, 0.25) is 0 Å². The number of pyridine rings is 1. The zero-order valence-corrected chi connectivity index (χ0v) is 17.3. The molecule has 2 fully saturated rings. The van der Waals surface area contributed by atoms with E-state index in [0.717, 1.165) is 49.9 Å². The molecule has 1 amide bonds. The maximum Gasteiger partial charge on any atom is 0.251 e. The highest BCUT2D eigenvalue weighted by atomic mass is 19.1. The molecule has 8 heteroatoms. The Labute approximate surface area is 180 Å². The lowest BCUT2D eigenvalue weighted by Crippen LogP contribution is -2.43. The van der Waals surface area contributed by atoms with Gasteiger partial charge in [-0.05, 0) is 43.9 Å². The SMILES string of the molecule is O=C([C@H]1CCCO1)N1CCC(c2ccc3c(NCc4ccccc4F)n[nH]c3n2)CC1. The Balaban J connectivity index is 1.23. The number of aromatic nitrogens is 3. The molecule has 0 unspecified atom stereocenters. The number of nitrogens with one attached hydrogen (secondary N) is 2. The van der Waals surface area contributed by atoms with E-state index in [1.165, 1.54) is 6.07 Å². The van der Waals surface area contributed by atoms with E-state index in [1.54, 1.807) is 12.1 Å². The van der Waals surface area contributed by atoms with Crippen molar-refractivity contribution in [1.29, 1.82) is 0 Å². The van der Waals surface area contributed by atoms with Gasteiger partial charge in [-0.15, -0.1) is 0 Å². The van der Waals surface area contributed by atoms with Gasteiger partial charge in [0.1, 0.15) is 11.9 Å². The monoisotopic (exact) mass is 423 g/mol. The number of anilines is 1. The van der Waals surface area contributed by atoms with Crippen LogP contribution in [0.4, 0.5) is 10.2 Å². The molecule has 7 nitrogen and oxygen atoms in total. The number of hydrogen-bond donors (Lipinski definition) is 2. The van der Waals surface area contributed by atoms with E-state index < -0.39 is 0 Å². The molecule has 0 bridgehead atoms. The maximum absolute atomic E-state index is 13.8. The van der Waals surface area contributed by atoms with Crippen LogP contribution in [0.25, 0.3) is 11.0 Å². The molecule has 0 saturated carbocycles. The lowest BCUT2D eigenvalue weighted by atomic mass is 9.92. The fourth-order valence-corrected chi connectivity index (χ4v) is 4.47. The van der Waals surface area contributed by atoms with Crippen molar-refractivity contribution in [2.75, 3.05) is 25.0 Å². The van der Waals surface area contributed by atoms with Crippen molar-refractivity contribution in [3.05, 3.63) is 53.5 Å². The molecule has 2 N–H and O–H groups in total. The van der Waals surface area contributed by atoms with E-state index >= 15 is 0 Å². The number of likely N-dealkylation sites (tertiary alicyclic amines) is 1. The van der Waals surface area contributed by atoms with Crippen molar-refractivity contribution in [2.24, 2.45) is 0 Å². The molecule has 1 atom stereocenters. The van der Waals surface area contributed by atoms with E-state index in [4.69, 9.17) is 9.72 Å². The van der Waals surface area contributed by atoms with Crippen LogP contribution in [0.3, 0.4) is 0 Å². The molecular formula is C23H26FN5O2. The first-order chi connectivity index (χ1) is 15.2. The fourth-order valence-electron chi connectivity index (χ4n) is 4.47.